The molecule has 0 aliphatic carbocycles. The molecule has 0 aliphatic rings. The number of rotatable bonds is 5. The van der Waals surface area contributed by atoms with Crippen molar-refractivity contribution in [3.8, 4) is 0 Å². The highest BCUT2D eigenvalue weighted by Crippen LogP contribution is 2.15. The standard InChI is InChI=1S/C9H11ClF2N2O/c10-7-2-1-3-9(13-7)14(4-5-15)6-8(11)12/h1-3,8,15H,4-6H2. The van der Waals surface area contributed by atoms with Crippen LogP contribution in [0, 0.1) is 0 Å². The average Bonchev–Trinajstić information content (AvgIpc) is 2.16. The van der Waals surface area contributed by atoms with Crippen LogP contribution >= 0.6 is 11.6 Å². The Balaban J connectivity index is 2.78. The van der Waals surface area contributed by atoms with E-state index in [-0.39, 0.29) is 18.3 Å². The van der Waals surface area contributed by atoms with Gasteiger partial charge in [0.05, 0.1) is 13.2 Å². The number of pyridine rings is 1. The zero-order valence-corrected chi connectivity index (χ0v) is 8.66. The Bertz CT molecular complexity index is 312. The van der Waals surface area contributed by atoms with Crippen molar-refractivity contribution in [2.45, 2.75) is 6.43 Å². The smallest absolute Gasteiger partial charge is 0.255 e. The molecule has 0 saturated carbocycles. The van der Waals surface area contributed by atoms with E-state index in [9.17, 15) is 8.78 Å². The predicted molar refractivity (Wildman–Crippen MR) is 54.5 cm³/mol. The number of aliphatic hydroxyl groups excluding tert-OH is 1. The second kappa shape index (κ2) is 5.82. The van der Waals surface area contributed by atoms with E-state index in [1.54, 1.807) is 18.2 Å². The number of aliphatic hydroxyl groups is 1. The number of aromatic nitrogens is 1. The molecule has 1 heterocycles. The average molecular weight is 237 g/mol. The maximum absolute atomic E-state index is 12.2. The van der Waals surface area contributed by atoms with Gasteiger partial charge in [0, 0.05) is 6.54 Å². The third kappa shape index (κ3) is 3.97. The summed E-state index contributed by atoms with van der Waals surface area (Å²) in [5.74, 6) is 0.344. The first-order valence-electron chi connectivity index (χ1n) is 4.40. The van der Waals surface area contributed by atoms with Crippen LogP contribution in [0.4, 0.5) is 14.6 Å². The monoisotopic (exact) mass is 236 g/mol. The second-order valence-corrected chi connectivity index (χ2v) is 3.27. The maximum atomic E-state index is 12.2. The van der Waals surface area contributed by atoms with Gasteiger partial charge in [-0.15, -0.1) is 0 Å². The maximum Gasteiger partial charge on any atom is 0.255 e. The molecule has 1 aromatic heterocycles. The van der Waals surface area contributed by atoms with Crippen molar-refractivity contribution >= 4 is 17.4 Å². The van der Waals surface area contributed by atoms with Gasteiger partial charge in [-0.05, 0) is 12.1 Å². The molecule has 1 rings (SSSR count). The van der Waals surface area contributed by atoms with Crippen LogP contribution in [0.3, 0.4) is 0 Å². The SMILES string of the molecule is OCCN(CC(F)F)c1cccc(Cl)n1. The van der Waals surface area contributed by atoms with Gasteiger partial charge in [-0.3, -0.25) is 0 Å². The second-order valence-electron chi connectivity index (χ2n) is 2.88. The van der Waals surface area contributed by atoms with Gasteiger partial charge >= 0.3 is 0 Å². The fraction of sp³-hybridized carbons (Fsp3) is 0.444. The van der Waals surface area contributed by atoms with Crippen LogP contribution in [0.15, 0.2) is 18.2 Å². The molecule has 0 fully saturated rings. The summed E-state index contributed by atoms with van der Waals surface area (Å²) in [5, 5.41) is 8.97. The van der Waals surface area contributed by atoms with Crippen LogP contribution in [0.2, 0.25) is 5.15 Å². The molecular formula is C9H11ClF2N2O. The summed E-state index contributed by atoms with van der Waals surface area (Å²) >= 11 is 5.64. The van der Waals surface area contributed by atoms with Gasteiger partial charge < -0.3 is 10.0 Å². The lowest BCUT2D eigenvalue weighted by atomic mass is 10.4. The van der Waals surface area contributed by atoms with Gasteiger partial charge in [0.1, 0.15) is 11.0 Å². The van der Waals surface area contributed by atoms with Gasteiger partial charge in [0.25, 0.3) is 6.43 Å². The van der Waals surface area contributed by atoms with E-state index in [2.05, 4.69) is 4.98 Å². The number of hydrogen-bond donors (Lipinski definition) is 1. The summed E-state index contributed by atoms with van der Waals surface area (Å²) in [6, 6.07) is 4.76. The van der Waals surface area contributed by atoms with Gasteiger partial charge in [-0.25, -0.2) is 13.8 Å². The summed E-state index contributed by atoms with van der Waals surface area (Å²) in [5.41, 5.74) is 0. The van der Waals surface area contributed by atoms with Crippen LogP contribution in [-0.2, 0) is 0 Å². The summed E-state index contributed by atoms with van der Waals surface area (Å²) in [6.07, 6.45) is -2.47. The Morgan fingerprint density at radius 2 is 2.20 bits per heavy atom. The molecule has 0 atom stereocenters. The zero-order valence-electron chi connectivity index (χ0n) is 7.91. The Hall–Kier alpha value is -0.940. The van der Waals surface area contributed by atoms with Crippen molar-refractivity contribution in [1.29, 1.82) is 0 Å². The zero-order chi connectivity index (χ0) is 11.3. The number of nitrogens with zero attached hydrogens (tertiary/aromatic N) is 2. The van der Waals surface area contributed by atoms with Gasteiger partial charge in [-0.2, -0.15) is 0 Å². The third-order valence-electron chi connectivity index (χ3n) is 1.75. The van der Waals surface area contributed by atoms with Crippen molar-refractivity contribution in [3.63, 3.8) is 0 Å². The van der Waals surface area contributed by atoms with Crippen molar-refractivity contribution in [3.05, 3.63) is 23.4 Å². The quantitative estimate of drug-likeness (QED) is 0.792. The minimum absolute atomic E-state index is 0.109. The van der Waals surface area contributed by atoms with Gasteiger partial charge in [0.15, 0.2) is 0 Å². The molecule has 15 heavy (non-hydrogen) atoms. The van der Waals surface area contributed by atoms with E-state index >= 15 is 0 Å². The van der Waals surface area contributed by atoms with E-state index < -0.39 is 13.0 Å². The molecule has 0 spiro atoms. The number of hydrogen-bond acceptors (Lipinski definition) is 3. The fourth-order valence-corrected chi connectivity index (χ4v) is 1.32. The van der Waals surface area contributed by atoms with Crippen molar-refractivity contribution < 1.29 is 13.9 Å². The molecule has 3 nitrogen and oxygen atoms in total. The van der Waals surface area contributed by atoms with Crippen molar-refractivity contribution in [1.82, 2.24) is 4.98 Å². The van der Waals surface area contributed by atoms with Crippen LogP contribution in [0.1, 0.15) is 0 Å². The minimum atomic E-state index is -2.47. The first-order valence-corrected chi connectivity index (χ1v) is 4.78. The molecule has 0 saturated heterocycles. The highest BCUT2D eigenvalue weighted by atomic mass is 35.5. The molecule has 0 radical (unpaired) electrons. The molecular weight excluding hydrogens is 226 g/mol. The summed E-state index contributed by atoms with van der Waals surface area (Å²) in [6.45, 7) is -0.563. The lowest BCUT2D eigenvalue weighted by Gasteiger charge is -2.22. The molecule has 0 aliphatic heterocycles. The highest BCUT2D eigenvalue weighted by molar-refractivity contribution is 6.29. The molecule has 0 bridgehead atoms. The Morgan fingerprint density at radius 3 is 2.73 bits per heavy atom. The Morgan fingerprint density at radius 1 is 1.47 bits per heavy atom. The molecule has 1 N–H and O–H groups in total. The molecule has 0 aromatic carbocycles. The largest absolute Gasteiger partial charge is 0.395 e. The number of halogens is 3. The topological polar surface area (TPSA) is 36.4 Å². The molecule has 0 unspecified atom stereocenters. The van der Waals surface area contributed by atoms with E-state index in [0.29, 0.717) is 5.82 Å². The van der Waals surface area contributed by atoms with E-state index in [1.807, 2.05) is 0 Å². The summed E-state index contributed by atoms with van der Waals surface area (Å²) < 4.78 is 24.4. The van der Waals surface area contributed by atoms with Crippen LogP contribution in [-0.4, -0.2) is 36.2 Å². The van der Waals surface area contributed by atoms with E-state index in [4.69, 9.17) is 16.7 Å². The van der Waals surface area contributed by atoms with Crippen LogP contribution in [0.25, 0.3) is 0 Å². The molecule has 1 aromatic rings. The van der Waals surface area contributed by atoms with E-state index in [0.717, 1.165) is 0 Å². The summed E-state index contributed by atoms with van der Waals surface area (Å²) in [7, 11) is 0. The Kier molecular flexibility index (Phi) is 4.71. The van der Waals surface area contributed by atoms with E-state index in [1.165, 1.54) is 4.90 Å². The molecule has 0 amide bonds. The molecule has 6 heteroatoms. The highest BCUT2D eigenvalue weighted by Gasteiger charge is 2.13. The lowest BCUT2D eigenvalue weighted by Crippen LogP contribution is -2.32. The van der Waals surface area contributed by atoms with Crippen molar-refractivity contribution in [2.24, 2.45) is 0 Å². The first-order chi connectivity index (χ1) is 7.13. The normalized spacial score (nSPS) is 10.7. The third-order valence-corrected chi connectivity index (χ3v) is 1.96. The van der Waals surface area contributed by atoms with Gasteiger partial charge in [-0.1, -0.05) is 17.7 Å². The van der Waals surface area contributed by atoms with Gasteiger partial charge in [0.2, 0.25) is 0 Å². The Labute approximate surface area is 91.3 Å². The fourth-order valence-electron chi connectivity index (χ4n) is 1.16. The minimum Gasteiger partial charge on any atom is -0.395 e. The lowest BCUT2D eigenvalue weighted by molar-refractivity contribution is 0.152. The predicted octanol–water partition coefficient (Wildman–Crippen LogP) is 1.80. The first kappa shape index (κ1) is 12.1. The molecule has 84 valence electrons. The van der Waals surface area contributed by atoms with Crippen LogP contribution in [0.5, 0.6) is 0 Å². The van der Waals surface area contributed by atoms with Crippen molar-refractivity contribution in [2.75, 3.05) is 24.6 Å². The summed E-state index contributed by atoms with van der Waals surface area (Å²) in [4.78, 5) is 5.18. The number of alkyl halides is 2. The number of anilines is 1. The van der Waals surface area contributed by atoms with Crippen LogP contribution < -0.4 is 4.90 Å².